The number of benzene rings is 2. The number of para-hydroxylation sites is 1. The Balaban J connectivity index is 1.45. The lowest BCUT2D eigenvalue weighted by Crippen LogP contribution is -2.41. The number of aromatic amines is 1. The minimum atomic E-state index is -4.35. The number of imidazole rings is 1. The van der Waals surface area contributed by atoms with E-state index in [9.17, 15) is 13.2 Å². The largest absolute Gasteiger partial charge is 0.416 e. The molecule has 0 aliphatic carbocycles. The van der Waals surface area contributed by atoms with Gasteiger partial charge in [0.25, 0.3) is 0 Å². The number of hydrogen-bond donors (Lipinski definition) is 1. The maximum atomic E-state index is 13.2. The van der Waals surface area contributed by atoms with Crippen LogP contribution in [0.1, 0.15) is 42.8 Å². The van der Waals surface area contributed by atoms with E-state index in [1.54, 1.807) is 29.6 Å². The summed E-state index contributed by atoms with van der Waals surface area (Å²) in [6, 6.07) is 11.8. The predicted octanol–water partition coefficient (Wildman–Crippen LogP) is 6.75. The van der Waals surface area contributed by atoms with Crippen LogP contribution in [0.15, 0.2) is 53.6 Å². The number of hydrogen-bond acceptors (Lipinski definition) is 5. The highest BCUT2D eigenvalue weighted by molar-refractivity contribution is 8.09. The van der Waals surface area contributed by atoms with Crippen LogP contribution in [0.25, 0.3) is 15.9 Å². The molecule has 0 bridgehead atoms. The number of thioether (sulfide) groups is 2. The normalized spacial score (nSPS) is 22.2. The van der Waals surface area contributed by atoms with Crippen molar-refractivity contribution >= 4 is 39.5 Å². The van der Waals surface area contributed by atoms with Crippen LogP contribution in [0.5, 0.6) is 0 Å². The van der Waals surface area contributed by atoms with Crippen LogP contribution in [0.2, 0.25) is 0 Å². The molecule has 1 unspecified atom stereocenters. The molecule has 0 spiro atoms. The van der Waals surface area contributed by atoms with Crippen molar-refractivity contribution in [3.63, 3.8) is 0 Å². The van der Waals surface area contributed by atoms with Gasteiger partial charge < -0.3 is 4.98 Å². The summed E-state index contributed by atoms with van der Waals surface area (Å²) in [6.45, 7) is 2.97. The maximum Gasteiger partial charge on any atom is 0.416 e. The Labute approximate surface area is 193 Å². The molecule has 0 saturated carbocycles. The Morgan fingerprint density at radius 2 is 2.00 bits per heavy atom. The first-order chi connectivity index (χ1) is 15.3. The second kappa shape index (κ2) is 8.35. The molecule has 4 nitrogen and oxygen atoms in total. The first-order valence-electron chi connectivity index (χ1n) is 10.5. The zero-order valence-electron chi connectivity index (χ0n) is 17.7. The van der Waals surface area contributed by atoms with E-state index in [1.807, 2.05) is 24.6 Å². The van der Waals surface area contributed by atoms with Gasteiger partial charge in [0.05, 0.1) is 22.5 Å². The molecule has 1 aromatic heterocycles. The molecule has 32 heavy (non-hydrogen) atoms. The number of nitrogens with zero attached hydrogens (tertiary/aromatic N) is 3. The van der Waals surface area contributed by atoms with Crippen molar-refractivity contribution in [2.75, 3.05) is 12.8 Å². The number of hydrazine groups is 1. The van der Waals surface area contributed by atoms with Crippen molar-refractivity contribution < 1.29 is 13.2 Å². The minimum absolute atomic E-state index is 0.0891. The lowest BCUT2D eigenvalue weighted by Gasteiger charge is -2.35. The molecule has 2 atom stereocenters. The van der Waals surface area contributed by atoms with E-state index in [0.717, 1.165) is 52.1 Å². The van der Waals surface area contributed by atoms with Crippen LogP contribution in [0.3, 0.4) is 0 Å². The Hall–Kier alpha value is -2.10. The first kappa shape index (κ1) is 21.7. The zero-order chi connectivity index (χ0) is 22.5. The SMILES string of the molecule is CSc1cccc2[nH]c([C@@H]3CCCN3N3C=C(c4cccc(C(F)(F)F)c4)SC3C)nc12. The number of aromatic nitrogens is 2. The molecule has 2 aliphatic heterocycles. The van der Waals surface area contributed by atoms with Crippen molar-refractivity contribution in [2.45, 2.75) is 42.3 Å². The van der Waals surface area contributed by atoms with E-state index in [2.05, 4.69) is 28.0 Å². The molecule has 0 radical (unpaired) electrons. The Bertz CT molecular complexity index is 1170. The Kier molecular flexibility index (Phi) is 5.67. The molecule has 1 fully saturated rings. The van der Waals surface area contributed by atoms with Gasteiger partial charge >= 0.3 is 6.18 Å². The van der Waals surface area contributed by atoms with Crippen molar-refractivity contribution in [1.82, 2.24) is 20.0 Å². The van der Waals surface area contributed by atoms with Gasteiger partial charge in [0.1, 0.15) is 11.3 Å². The Morgan fingerprint density at radius 1 is 1.19 bits per heavy atom. The highest BCUT2D eigenvalue weighted by atomic mass is 32.2. The van der Waals surface area contributed by atoms with Gasteiger partial charge in [-0.2, -0.15) is 13.2 Å². The lowest BCUT2D eigenvalue weighted by molar-refractivity contribution is -0.137. The van der Waals surface area contributed by atoms with E-state index < -0.39 is 11.7 Å². The maximum absolute atomic E-state index is 13.2. The predicted molar refractivity (Wildman–Crippen MR) is 125 cm³/mol. The van der Waals surface area contributed by atoms with Crippen molar-refractivity contribution in [2.24, 2.45) is 0 Å². The van der Waals surface area contributed by atoms with Gasteiger partial charge in [0, 0.05) is 22.5 Å². The fraction of sp³-hybridized carbons (Fsp3) is 0.348. The molecule has 0 amide bonds. The van der Waals surface area contributed by atoms with E-state index in [1.165, 1.54) is 12.1 Å². The third-order valence-corrected chi connectivity index (χ3v) is 7.87. The summed E-state index contributed by atoms with van der Waals surface area (Å²) in [5.41, 5.74) is 2.01. The van der Waals surface area contributed by atoms with E-state index in [0.29, 0.717) is 5.56 Å². The van der Waals surface area contributed by atoms with Crippen LogP contribution in [0, 0.1) is 0 Å². The van der Waals surface area contributed by atoms with Gasteiger partial charge in [0.2, 0.25) is 0 Å². The summed E-state index contributed by atoms with van der Waals surface area (Å²) >= 11 is 3.27. The standard InChI is InChI=1S/C23H23F3N4S2/c1-14-30(13-20(32-14)15-6-3-7-16(12-15)23(24,25)26)29-11-5-9-18(29)22-27-17-8-4-10-19(31-2)21(17)28-22/h3-4,6-8,10,12-14,18H,5,9,11H2,1-2H3,(H,27,28)/t14?,18-/m0/s1. The summed E-state index contributed by atoms with van der Waals surface area (Å²) in [6.07, 6.45) is 1.71. The van der Waals surface area contributed by atoms with Gasteiger partial charge in [-0.1, -0.05) is 30.0 Å². The highest BCUT2D eigenvalue weighted by Gasteiger charge is 2.37. The summed E-state index contributed by atoms with van der Waals surface area (Å²) in [5, 5.41) is 4.56. The van der Waals surface area contributed by atoms with Gasteiger partial charge in [0.15, 0.2) is 0 Å². The van der Waals surface area contributed by atoms with Crippen LogP contribution in [-0.2, 0) is 6.18 Å². The van der Waals surface area contributed by atoms with Gasteiger partial charge in [-0.15, -0.1) is 11.8 Å². The molecule has 168 valence electrons. The average Bonchev–Trinajstić information content (AvgIpc) is 3.50. The van der Waals surface area contributed by atoms with Crippen molar-refractivity contribution in [3.05, 3.63) is 65.6 Å². The average molecular weight is 477 g/mol. The number of halogens is 3. The molecule has 2 aliphatic rings. The summed E-state index contributed by atoms with van der Waals surface area (Å²) in [5.74, 6) is 0.942. The number of nitrogens with one attached hydrogen (secondary N) is 1. The molecule has 9 heteroatoms. The molecule has 2 aromatic carbocycles. The third-order valence-electron chi connectivity index (χ3n) is 5.94. The van der Waals surface area contributed by atoms with Crippen LogP contribution >= 0.6 is 23.5 Å². The molecule has 3 aromatic rings. The smallest absolute Gasteiger partial charge is 0.341 e. The second-order valence-corrected chi connectivity index (χ2v) is 10.2. The fourth-order valence-electron chi connectivity index (χ4n) is 4.42. The van der Waals surface area contributed by atoms with Crippen LogP contribution in [-0.4, -0.2) is 38.2 Å². The van der Waals surface area contributed by atoms with Crippen molar-refractivity contribution in [3.8, 4) is 0 Å². The van der Waals surface area contributed by atoms with Gasteiger partial charge in [-0.25, -0.2) is 9.99 Å². The topological polar surface area (TPSA) is 35.2 Å². The minimum Gasteiger partial charge on any atom is -0.341 e. The number of alkyl halides is 3. The number of rotatable bonds is 4. The van der Waals surface area contributed by atoms with E-state index in [-0.39, 0.29) is 11.4 Å². The highest BCUT2D eigenvalue weighted by Crippen LogP contribution is 2.45. The van der Waals surface area contributed by atoms with Gasteiger partial charge in [-0.3, -0.25) is 5.01 Å². The Morgan fingerprint density at radius 3 is 2.78 bits per heavy atom. The molecule has 1 saturated heterocycles. The molecular formula is C23H23F3N4S2. The third kappa shape index (κ3) is 3.91. The number of H-pyrrole nitrogens is 1. The van der Waals surface area contributed by atoms with Crippen molar-refractivity contribution in [1.29, 1.82) is 0 Å². The second-order valence-electron chi connectivity index (χ2n) is 7.97. The fourth-order valence-corrected chi connectivity index (χ4v) is 6.07. The monoisotopic (exact) mass is 476 g/mol. The molecule has 5 rings (SSSR count). The summed E-state index contributed by atoms with van der Waals surface area (Å²) in [7, 11) is 0. The lowest BCUT2D eigenvalue weighted by atomic mass is 10.1. The quantitative estimate of drug-likeness (QED) is 0.422. The summed E-state index contributed by atoms with van der Waals surface area (Å²) < 4.78 is 39.5. The summed E-state index contributed by atoms with van der Waals surface area (Å²) in [4.78, 5) is 10.4. The van der Waals surface area contributed by atoms with E-state index in [4.69, 9.17) is 4.98 Å². The van der Waals surface area contributed by atoms with Crippen LogP contribution < -0.4 is 0 Å². The van der Waals surface area contributed by atoms with E-state index >= 15 is 0 Å². The molecular weight excluding hydrogens is 453 g/mol. The van der Waals surface area contributed by atoms with Crippen LogP contribution in [0.4, 0.5) is 13.2 Å². The first-order valence-corrected chi connectivity index (χ1v) is 12.6. The van der Waals surface area contributed by atoms with Gasteiger partial charge in [-0.05, 0) is 55.9 Å². The molecule has 3 heterocycles. The molecule has 1 N–H and O–H groups in total. The number of fused-ring (bicyclic) bond motifs is 1. The zero-order valence-corrected chi connectivity index (χ0v) is 19.3.